The molecule has 0 aliphatic carbocycles. The van der Waals surface area contributed by atoms with Crippen LogP contribution in [0.5, 0.6) is 0 Å². The van der Waals surface area contributed by atoms with Gasteiger partial charge in [0.05, 0.1) is 6.54 Å². The van der Waals surface area contributed by atoms with Gasteiger partial charge in [-0.05, 0) is 39.4 Å². The van der Waals surface area contributed by atoms with E-state index in [0.717, 1.165) is 44.3 Å². The van der Waals surface area contributed by atoms with Crippen LogP contribution in [0, 0.1) is 0 Å². The maximum Gasteiger partial charge on any atom is 0.240 e. The molecule has 0 aromatic heterocycles. The Morgan fingerprint density at radius 3 is 2.40 bits per heavy atom. The minimum Gasteiger partial charge on any atom is -0.381 e. The molecule has 1 aliphatic rings. The van der Waals surface area contributed by atoms with Gasteiger partial charge in [0, 0.05) is 44.1 Å². The highest BCUT2D eigenvalue weighted by atomic mass is 127. The zero-order chi connectivity index (χ0) is 18.2. The number of carbonyl (C=O) groups excluding carboxylic acids is 1. The Bertz CT molecular complexity index is 429. The third-order valence-corrected chi connectivity index (χ3v) is 5.35. The Kier molecular flexibility index (Phi) is 11.4. The summed E-state index contributed by atoms with van der Waals surface area (Å²) < 4.78 is 5.71. The number of guanidine groups is 1. The number of rotatable bonds is 6. The van der Waals surface area contributed by atoms with Crippen molar-refractivity contribution in [2.24, 2.45) is 4.99 Å². The first-order valence-electron chi connectivity index (χ1n) is 8.66. The molecule has 1 aliphatic heterocycles. The Morgan fingerprint density at radius 1 is 1.32 bits per heavy atom. The van der Waals surface area contributed by atoms with Crippen molar-refractivity contribution in [2.75, 3.05) is 46.2 Å². The quantitative estimate of drug-likeness (QED) is 0.343. The lowest BCUT2D eigenvalue weighted by atomic mass is 9.99. The fraction of sp³-hybridized carbons (Fsp3) is 0.882. The summed E-state index contributed by atoms with van der Waals surface area (Å²) in [6.45, 7) is 10.9. The van der Waals surface area contributed by atoms with Gasteiger partial charge in [0.15, 0.2) is 5.96 Å². The van der Waals surface area contributed by atoms with Crippen LogP contribution in [0.25, 0.3) is 0 Å². The molecule has 1 rings (SSSR count). The van der Waals surface area contributed by atoms with E-state index in [-0.39, 0.29) is 46.7 Å². The van der Waals surface area contributed by atoms with Crippen LogP contribution in [0.1, 0.15) is 40.5 Å². The summed E-state index contributed by atoms with van der Waals surface area (Å²) in [5.41, 5.74) is -0.223. The molecule has 0 spiro atoms. The van der Waals surface area contributed by atoms with Crippen LogP contribution in [-0.2, 0) is 9.53 Å². The lowest BCUT2D eigenvalue weighted by Gasteiger charge is -2.37. The van der Waals surface area contributed by atoms with E-state index in [1.54, 1.807) is 7.05 Å². The lowest BCUT2D eigenvalue weighted by Crippen LogP contribution is -2.51. The van der Waals surface area contributed by atoms with Gasteiger partial charge < -0.3 is 20.3 Å². The summed E-state index contributed by atoms with van der Waals surface area (Å²) >= 11 is 1.99. The van der Waals surface area contributed by atoms with Gasteiger partial charge in [-0.2, -0.15) is 11.8 Å². The number of ether oxygens (including phenoxy) is 1. The van der Waals surface area contributed by atoms with E-state index in [2.05, 4.69) is 22.5 Å². The number of likely N-dealkylation sites (N-methyl/N-ethyl adjacent to an activating group) is 1. The number of thioether (sulfide) groups is 1. The second kappa shape index (κ2) is 11.5. The monoisotopic (exact) mass is 486 g/mol. The summed E-state index contributed by atoms with van der Waals surface area (Å²) in [7, 11) is 3.64. The number of aliphatic imine (C=N–C) groups is 1. The van der Waals surface area contributed by atoms with Gasteiger partial charge in [-0.15, -0.1) is 24.0 Å². The fourth-order valence-corrected chi connectivity index (χ4v) is 4.04. The summed E-state index contributed by atoms with van der Waals surface area (Å²) in [6.07, 6.45) is 2.09. The second-order valence-corrected chi connectivity index (χ2v) is 9.02. The minimum atomic E-state index is -0.223. The number of carbonyl (C=O) groups is 1. The number of nitrogens with one attached hydrogen (secondary N) is 2. The maximum absolute atomic E-state index is 12.1. The van der Waals surface area contributed by atoms with E-state index in [1.807, 2.05) is 44.5 Å². The maximum atomic E-state index is 12.1. The van der Waals surface area contributed by atoms with Crippen molar-refractivity contribution < 1.29 is 9.53 Å². The molecular weight excluding hydrogens is 451 g/mol. The zero-order valence-electron chi connectivity index (χ0n) is 16.5. The molecule has 25 heavy (non-hydrogen) atoms. The van der Waals surface area contributed by atoms with E-state index >= 15 is 0 Å². The SMILES string of the molecule is CCSC1(CNC(=NC)N(C)CC(=O)NC(C)(C)C)CCOCC1.I. The van der Waals surface area contributed by atoms with E-state index < -0.39 is 0 Å². The molecule has 148 valence electrons. The summed E-state index contributed by atoms with van der Waals surface area (Å²) in [4.78, 5) is 18.3. The Hall–Kier alpha value is -0.220. The predicted molar refractivity (Wildman–Crippen MR) is 118 cm³/mol. The molecule has 1 heterocycles. The van der Waals surface area contributed by atoms with Crippen LogP contribution < -0.4 is 10.6 Å². The number of hydrogen-bond acceptors (Lipinski definition) is 4. The predicted octanol–water partition coefficient (Wildman–Crippen LogP) is 2.33. The zero-order valence-corrected chi connectivity index (χ0v) is 19.6. The third-order valence-electron chi connectivity index (χ3n) is 3.89. The van der Waals surface area contributed by atoms with Crippen molar-refractivity contribution >= 4 is 47.6 Å². The molecule has 1 fully saturated rings. The molecular formula is C17H35IN4O2S. The highest BCUT2D eigenvalue weighted by Crippen LogP contribution is 2.34. The highest BCUT2D eigenvalue weighted by molar-refractivity contribution is 14.0. The summed E-state index contributed by atoms with van der Waals surface area (Å²) in [5.74, 6) is 1.84. The van der Waals surface area contributed by atoms with Crippen molar-refractivity contribution in [3.63, 3.8) is 0 Å². The molecule has 0 atom stereocenters. The molecule has 8 heteroatoms. The molecule has 0 aromatic rings. The summed E-state index contributed by atoms with van der Waals surface area (Å²) in [6, 6.07) is 0. The molecule has 0 unspecified atom stereocenters. The van der Waals surface area contributed by atoms with Crippen molar-refractivity contribution in [2.45, 2.75) is 50.8 Å². The summed E-state index contributed by atoms with van der Waals surface area (Å²) in [5, 5.41) is 6.43. The Morgan fingerprint density at radius 2 is 1.92 bits per heavy atom. The highest BCUT2D eigenvalue weighted by Gasteiger charge is 2.33. The number of hydrogen-bond donors (Lipinski definition) is 2. The van der Waals surface area contributed by atoms with Crippen molar-refractivity contribution in [3.8, 4) is 0 Å². The third kappa shape index (κ3) is 9.33. The van der Waals surface area contributed by atoms with Crippen LogP contribution in [-0.4, -0.2) is 73.2 Å². The largest absolute Gasteiger partial charge is 0.381 e. The van der Waals surface area contributed by atoms with E-state index in [9.17, 15) is 4.79 Å². The number of halogens is 1. The average Bonchev–Trinajstić information content (AvgIpc) is 2.47. The van der Waals surface area contributed by atoms with Gasteiger partial charge in [0.25, 0.3) is 0 Å². The second-order valence-electron chi connectivity index (χ2n) is 7.28. The van der Waals surface area contributed by atoms with E-state index in [1.165, 1.54) is 0 Å². The molecule has 1 saturated heterocycles. The lowest BCUT2D eigenvalue weighted by molar-refractivity contribution is -0.122. The van der Waals surface area contributed by atoms with Gasteiger partial charge in [0.1, 0.15) is 0 Å². The fourth-order valence-electron chi connectivity index (χ4n) is 2.79. The van der Waals surface area contributed by atoms with Crippen molar-refractivity contribution in [3.05, 3.63) is 0 Å². The molecule has 0 radical (unpaired) electrons. The average molecular weight is 486 g/mol. The Labute approximate surface area is 174 Å². The normalized spacial score (nSPS) is 17.4. The molecule has 6 nitrogen and oxygen atoms in total. The topological polar surface area (TPSA) is 66.0 Å². The number of nitrogens with zero attached hydrogens (tertiary/aromatic N) is 2. The molecule has 1 amide bonds. The molecule has 0 aromatic carbocycles. The van der Waals surface area contributed by atoms with E-state index in [4.69, 9.17) is 4.74 Å². The van der Waals surface area contributed by atoms with Crippen LogP contribution in [0.15, 0.2) is 4.99 Å². The van der Waals surface area contributed by atoms with Crippen molar-refractivity contribution in [1.82, 2.24) is 15.5 Å². The van der Waals surface area contributed by atoms with Crippen LogP contribution >= 0.6 is 35.7 Å². The molecule has 0 saturated carbocycles. The van der Waals surface area contributed by atoms with Gasteiger partial charge in [-0.3, -0.25) is 9.79 Å². The van der Waals surface area contributed by atoms with E-state index in [0.29, 0.717) is 0 Å². The first-order valence-corrected chi connectivity index (χ1v) is 9.64. The minimum absolute atomic E-state index is 0. The van der Waals surface area contributed by atoms with Gasteiger partial charge >= 0.3 is 0 Å². The molecule has 0 bridgehead atoms. The Balaban J connectivity index is 0.00000576. The first kappa shape index (κ1) is 24.8. The van der Waals surface area contributed by atoms with Gasteiger partial charge in [-0.1, -0.05) is 6.92 Å². The van der Waals surface area contributed by atoms with Gasteiger partial charge in [-0.25, -0.2) is 0 Å². The van der Waals surface area contributed by atoms with Crippen LogP contribution in [0.2, 0.25) is 0 Å². The first-order chi connectivity index (χ1) is 11.2. The van der Waals surface area contributed by atoms with Crippen LogP contribution in [0.4, 0.5) is 0 Å². The van der Waals surface area contributed by atoms with Gasteiger partial charge in [0.2, 0.25) is 5.91 Å². The smallest absolute Gasteiger partial charge is 0.240 e. The number of amides is 1. The van der Waals surface area contributed by atoms with Crippen LogP contribution in [0.3, 0.4) is 0 Å². The molecule has 2 N–H and O–H groups in total. The standard InChI is InChI=1S/C17H34N4O2S.HI/c1-7-24-17(8-10-23-11-9-17)13-19-15(18-5)21(6)12-14(22)20-16(2,3)4;/h7-13H2,1-6H3,(H,18,19)(H,20,22);1H. The van der Waals surface area contributed by atoms with Crippen molar-refractivity contribution in [1.29, 1.82) is 0 Å².